The highest BCUT2D eigenvalue weighted by atomic mass is 16.5. The van der Waals surface area contributed by atoms with Crippen LogP contribution in [-0.4, -0.2) is 59.5 Å². The van der Waals surface area contributed by atoms with Gasteiger partial charge in [0.15, 0.2) is 0 Å². The molecule has 4 N–H and O–H groups in total. The Hall–Kier alpha value is -3.79. The Bertz CT molecular complexity index is 1360. The van der Waals surface area contributed by atoms with Crippen LogP contribution in [0.25, 0.3) is 0 Å². The Morgan fingerprint density at radius 3 is 2.38 bits per heavy atom. The minimum Gasteiger partial charge on any atom is -0.507 e. The number of nitrogens with zero attached hydrogens (tertiary/aromatic N) is 4. The second kappa shape index (κ2) is 19.1. The van der Waals surface area contributed by atoms with E-state index in [-0.39, 0.29) is 11.7 Å². The van der Waals surface area contributed by atoms with Gasteiger partial charge >= 0.3 is 0 Å². The average Bonchev–Trinajstić information content (AvgIpc) is 3.08. The number of anilines is 2. The summed E-state index contributed by atoms with van der Waals surface area (Å²) in [5, 5.41) is 23.2. The number of amidine groups is 1. The predicted molar refractivity (Wildman–Crippen MR) is 192 cm³/mol. The molecule has 2 aromatic rings. The molecule has 0 spiro atoms. The number of hydrogen-bond acceptors (Lipinski definition) is 9. The van der Waals surface area contributed by atoms with Crippen LogP contribution in [0.15, 0.2) is 34.3 Å². The Balaban J connectivity index is 1.64. The minimum absolute atomic E-state index is 0.248. The summed E-state index contributed by atoms with van der Waals surface area (Å²) in [5.41, 5.74) is 7.06. The fourth-order valence-electron chi connectivity index (χ4n) is 6.12. The van der Waals surface area contributed by atoms with Crippen LogP contribution in [0.1, 0.15) is 122 Å². The van der Waals surface area contributed by atoms with E-state index < -0.39 is 0 Å². The summed E-state index contributed by atoms with van der Waals surface area (Å²) in [4.78, 5) is 25.8. The van der Waals surface area contributed by atoms with Crippen LogP contribution >= 0.6 is 0 Å². The van der Waals surface area contributed by atoms with Crippen molar-refractivity contribution in [3.63, 3.8) is 0 Å². The number of phenolic OH excluding ortho intramolecular Hbond substituents is 1. The molecule has 0 radical (unpaired) electrons. The van der Waals surface area contributed by atoms with Gasteiger partial charge in [0.1, 0.15) is 17.3 Å². The highest BCUT2D eigenvalue weighted by Gasteiger charge is 2.29. The summed E-state index contributed by atoms with van der Waals surface area (Å²) in [5.74, 6) is 1.61. The molecule has 0 atom stereocenters. The van der Waals surface area contributed by atoms with Crippen molar-refractivity contribution in [3.8, 4) is 11.5 Å². The number of hydroxylamine groups is 1. The summed E-state index contributed by atoms with van der Waals surface area (Å²) >= 11 is 0. The van der Waals surface area contributed by atoms with Gasteiger partial charge in [0, 0.05) is 55.0 Å². The summed E-state index contributed by atoms with van der Waals surface area (Å²) in [6.07, 6.45) is 15.9. The van der Waals surface area contributed by atoms with Crippen LogP contribution < -0.4 is 20.4 Å². The fraction of sp³-hybridized carbons (Fsp3) is 0.595. The number of carbonyl (C=O) groups excluding carboxylic acids is 1. The van der Waals surface area contributed by atoms with E-state index in [2.05, 4.69) is 43.1 Å². The van der Waals surface area contributed by atoms with Gasteiger partial charge in [-0.25, -0.2) is 15.5 Å². The van der Waals surface area contributed by atoms with Crippen molar-refractivity contribution in [1.82, 2.24) is 10.4 Å². The summed E-state index contributed by atoms with van der Waals surface area (Å²) < 4.78 is 6.48. The van der Waals surface area contributed by atoms with E-state index in [9.17, 15) is 9.90 Å². The zero-order chi connectivity index (χ0) is 33.4. The van der Waals surface area contributed by atoms with Crippen molar-refractivity contribution < 1.29 is 19.8 Å². The molecule has 0 aromatic heterocycles. The second-order valence-corrected chi connectivity index (χ2v) is 12.7. The minimum atomic E-state index is -0.329. The van der Waals surface area contributed by atoms with Crippen LogP contribution in [0.2, 0.25) is 0 Å². The van der Waals surface area contributed by atoms with Gasteiger partial charge in [0.25, 0.3) is 0 Å². The van der Waals surface area contributed by atoms with E-state index in [0.717, 1.165) is 142 Å². The molecule has 1 amide bonds. The number of amides is 1. The molecule has 0 saturated heterocycles. The lowest BCUT2D eigenvalue weighted by atomic mass is 10.0. The Kier molecular flexibility index (Phi) is 14.7. The fourth-order valence-corrected chi connectivity index (χ4v) is 6.12. The number of benzene rings is 2. The molecule has 4 rings (SSSR count). The molecule has 0 unspecified atom stereocenters. The smallest absolute Gasteiger partial charge is 0.243 e. The number of carbonyl (C=O) groups is 1. The number of aromatic hydroxyl groups is 1. The number of ether oxygens (including phenoxy) is 1. The molecular formula is C37H56N6O4. The Morgan fingerprint density at radius 2 is 1.62 bits per heavy atom. The van der Waals surface area contributed by atoms with Crippen molar-refractivity contribution in [3.05, 3.63) is 35.4 Å². The molecule has 2 aliphatic heterocycles. The SMILES string of the molecule is CCCCCNc1cc(O)c2c(c1)N=C1c3cc(N(CCCCC)CCCCCCC(=O)NO)c(OCCCCC)cc3N=CN1C2. The van der Waals surface area contributed by atoms with Crippen molar-refractivity contribution in [2.75, 3.05) is 36.5 Å². The van der Waals surface area contributed by atoms with Gasteiger partial charge in [-0.3, -0.25) is 10.0 Å². The lowest BCUT2D eigenvalue weighted by molar-refractivity contribution is -0.129. The first-order valence-electron chi connectivity index (χ1n) is 18.0. The third kappa shape index (κ3) is 10.3. The first-order valence-corrected chi connectivity index (χ1v) is 18.0. The topological polar surface area (TPSA) is 122 Å². The summed E-state index contributed by atoms with van der Waals surface area (Å²) in [6, 6.07) is 8.13. The van der Waals surface area contributed by atoms with Gasteiger partial charge in [0.05, 0.1) is 36.6 Å². The van der Waals surface area contributed by atoms with Crippen molar-refractivity contribution >= 4 is 40.8 Å². The second-order valence-electron chi connectivity index (χ2n) is 12.7. The monoisotopic (exact) mass is 648 g/mol. The highest BCUT2D eigenvalue weighted by Crippen LogP contribution is 2.43. The molecule has 258 valence electrons. The first kappa shape index (κ1) is 36.1. The number of rotatable bonds is 22. The molecule has 0 bridgehead atoms. The van der Waals surface area contributed by atoms with Gasteiger partial charge in [-0.15, -0.1) is 0 Å². The van der Waals surface area contributed by atoms with Crippen molar-refractivity contribution in [1.29, 1.82) is 0 Å². The van der Waals surface area contributed by atoms with Gasteiger partial charge in [-0.2, -0.15) is 0 Å². The van der Waals surface area contributed by atoms with Gasteiger partial charge < -0.3 is 25.0 Å². The van der Waals surface area contributed by atoms with E-state index in [1.807, 2.05) is 17.3 Å². The zero-order valence-corrected chi connectivity index (χ0v) is 28.8. The molecular weight excluding hydrogens is 592 g/mol. The molecule has 0 saturated carbocycles. The summed E-state index contributed by atoms with van der Waals surface area (Å²) in [6.45, 7) is 10.4. The molecule has 0 fully saturated rings. The standard InChI is InChI=1S/C37H56N6O4/c1-4-7-13-18-38-28-22-32-30(34(44)23-28)26-43-27-39-31-25-35(47-21-16-9-6-3)33(24-29(31)37(43)40-32)42(19-14-8-5-2)20-15-11-10-12-17-36(45)41-46/h22-25,27,38,44,46H,4-21,26H2,1-3H3,(H,41,45). The van der Waals surface area contributed by atoms with Crippen molar-refractivity contribution in [2.24, 2.45) is 9.98 Å². The van der Waals surface area contributed by atoms with E-state index in [1.54, 1.807) is 11.5 Å². The largest absolute Gasteiger partial charge is 0.507 e. The molecule has 10 nitrogen and oxygen atoms in total. The van der Waals surface area contributed by atoms with E-state index in [1.165, 1.54) is 6.42 Å². The number of aliphatic imine (C=N–C) groups is 2. The number of nitrogens with one attached hydrogen (secondary N) is 2. The summed E-state index contributed by atoms with van der Waals surface area (Å²) in [7, 11) is 0. The number of hydrogen-bond donors (Lipinski definition) is 4. The van der Waals surface area contributed by atoms with Crippen LogP contribution in [0, 0.1) is 0 Å². The third-order valence-electron chi connectivity index (χ3n) is 8.88. The van der Waals surface area contributed by atoms with Crippen LogP contribution in [0.5, 0.6) is 11.5 Å². The maximum Gasteiger partial charge on any atom is 0.243 e. The molecule has 2 aliphatic rings. The van der Waals surface area contributed by atoms with E-state index in [0.29, 0.717) is 19.6 Å². The van der Waals surface area contributed by atoms with Crippen LogP contribution in [0.4, 0.5) is 22.7 Å². The molecule has 2 aromatic carbocycles. The number of unbranched alkanes of at least 4 members (excludes halogenated alkanes) is 9. The van der Waals surface area contributed by atoms with Gasteiger partial charge in [-0.1, -0.05) is 72.1 Å². The van der Waals surface area contributed by atoms with E-state index in [4.69, 9.17) is 19.9 Å². The molecule has 2 heterocycles. The predicted octanol–water partition coefficient (Wildman–Crippen LogP) is 8.58. The Morgan fingerprint density at radius 1 is 0.894 bits per heavy atom. The first-order chi connectivity index (χ1) is 23.0. The molecule has 0 aliphatic carbocycles. The maximum atomic E-state index is 11.4. The highest BCUT2D eigenvalue weighted by molar-refractivity contribution is 6.13. The van der Waals surface area contributed by atoms with Crippen LogP contribution in [-0.2, 0) is 11.3 Å². The zero-order valence-electron chi connectivity index (χ0n) is 28.8. The van der Waals surface area contributed by atoms with Gasteiger partial charge in [0.2, 0.25) is 5.91 Å². The Labute approximate surface area is 281 Å². The normalized spacial score (nSPS) is 13.0. The molecule has 10 heteroatoms. The maximum absolute atomic E-state index is 11.4. The third-order valence-corrected chi connectivity index (χ3v) is 8.88. The number of fused-ring (bicyclic) bond motifs is 4. The lowest BCUT2D eigenvalue weighted by Crippen LogP contribution is -2.35. The number of phenols is 1. The van der Waals surface area contributed by atoms with Crippen molar-refractivity contribution in [2.45, 2.75) is 117 Å². The van der Waals surface area contributed by atoms with Gasteiger partial charge in [-0.05, 0) is 44.2 Å². The quantitative estimate of drug-likeness (QED) is 0.0573. The average molecular weight is 649 g/mol. The van der Waals surface area contributed by atoms with Crippen LogP contribution in [0.3, 0.4) is 0 Å². The molecule has 47 heavy (non-hydrogen) atoms. The van der Waals surface area contributed by atoms with E-state index >= 15 is 0 Å². The lowest BCUT2D eigenvalue weighted by Gasteiger charge is -2.33.